The Morgan fingerprint density at radius 3 is 2.45 bits per heavy atom. The van der Waals surface area contributed by atoms with Gasteiger partial charge in [-0.3, -0.25) is 0 Å². The van der Waals surface area contributed by atoms with E-state index in [1.165, 1.54) is 25.3 Å². The highest BCUT2D eigenvalue weighted by Crippen LogP contribution is 2.28. The zero-order valence-corrected chi connectivity index (χ0v) is 12.6. The average molecular weight is 306 g/mol. The van der Waals surface area contributed by atoms with Crippen molar-refractivity contribution in [2.24, 2.45) is 0 Å². The number of nitrogens with zero attached hydrogens (tertiary/aromatic N) is 2. The van der Waals surface area contributed by atoms with Crippen molar-refractivity contribution in [3.8, 4) is 17.1 Å². The SMILES string of the molecule is CCCCCCc1cnc(-c2ccccc2OC(F)F)nc1. The first-order valence-electron chi connectivity index (χ1n) is 7.56. The summed E-state index contributed by atoms with van der Waals surface area (Å²) in [6, 6.07) is 6.55. The molecule has 2 aromatic rings. The molecule has 118 valence electrons. The number of alkyl halides is 2. The number of unbranched alkanes of at least 4 members (excludes halogenated alkanes) is 3. The molecule has 0 aliphatic carbocycles. The van der Waals surface area contributed by atoms with Crippen molar-refractivity contribution >= 4 is 0 Å². The van der Waals surface area contributed by atoms with Crippen molar-refractivity contribution in [1.82, 2.24) is 9.97 Å². The van der Waals surface area contributed by atoms with Crippen LogP contribution in [-0.4, -0.2) is 16.6 Å². The summed E-state index contributed by atoms with van der Waals surface area (Å²) in [6.45, 7) is -0.685. The lowest BCUT2D eigenvalue weighted by Gasteiger charge is -2.09. The molecule has 0 bridgehead atoms. The van der Waals surface area contributed by atoms with E-state index in [4.69, 9.17) is 0 Å². The molecule has 0 N–H and O–H groups in total. The van der Waals surface area contributed by atoms with Gasteiger partial charge in [0.05, 0.1) is 5.56 Å². The largest absolute Gasteiger partial charge is 0.434 e. The quantitative estimate of drug-likeness (QED) is 0.653. The minimum Gasteiger partial charge on any atom is -0.434 e. The van der Waals surface area contributed by atoms with Gasteiger partial charge in [0.15, 0.2) is 5.82 Å². The molecule has 0 saturated heterocycles. The van der Waals surface area contributed by atoms with Gasteiger partial charge >= 0.3 is 6.61 Å². The van der Waals surface area contributed by atoms with Gasteiger partial charge in [0.25, 0.3) is 0 Å². The van der Waals surface area contributed by atoms with Crippen molar-refractivity contribution in [3.05, 3.63) is 42.2 Å². The summed E-state index contributed by atoms with van der Waals surface area (Å²) in [4.78, 5) is 8.56. The van der Waals surface area contributed by atoms with Crippen LogP contribution in [0.4, 0.5) is 8.78 Å². The van der Waals surface area contributed by atoms with E-state index in [-0.39, 0.29) is 5.75 Å². The number of aryl methyl sites for hydroxylation is 1. The van der Waals surface area contributed by atoms with Gasteiger partial charge in [-0.2, -0.15) is 8.78 Å². The first kappa shape index (κ1) is 16.3. The van der Waals surface area contributed by atoms with E-state index < -0.39 is 6.61 Å². The first-order chi connectivity index (χ1) is 10.7. The summed E-state index contributed by atoms with van der Waals surface area (Å²) in [5.41, 5.74) is 1.53. The number of benzene rings is 1. The summed E-state index contributed by atoms with van der Waals surface area (Å²) in [5.74, 6) is 0.488. The van der Waals surface area contributed by atoms with Crippen LogP contribution in [0.25, 0.3) is 11.4 Å². The monoisotopic (exact) mass is 306 g/mol. The van der Waals surface area contributed by atoms with Crippen molar-refractivity contribution in [2.45, 2.75) is 45.6 Å². The summed E-state index contributed by atoms with van der Waals surface area (Å²) in [6.07, 6.45) is 9.20. The lowest BCUT2D eigenvalue weighted by Crippen LogP contribution is -2.04. The Bertz CT molecular complexity index is 573. The number of aromatic nitrogens is 2. The van der Waals surface area contributed by atoms with Gasteiger partial charge in [-0.05, 0) is 30.5 Å². The predicted octanol–water partition coefficient (Wildman–Crippen LogP) is 4.87. The Morgan fingerprint density at radius 1 is 1.05 bits per heavy atom. The molecule has 0 amide bonds. The van der Waals surface area contributed by atoms with Crippen molar-refractivity contribution in [2.75, 3.05) is 0 Å². The van der Waals surface area contributed by atoms with Gasteiger partial charge < -0.3 is 4.74 Å². The van der Waals surface area contributed by atoms with E-state index in [1.807, 2.05) is 0 Å². The Morgan fingerprint density at radius 2 is 1.77 bits per heavy atom. The first-order valence-corrected chi connectivity index (χ1v) is 7.56. The molecule has 1 aromatic carbocycles. The van der Waals surface area contributed by atoms with Gasteiger partial charge in [-0.25, -0.2) is 9.97 Å². The third-order valence-electron chi connectivity index (χ3n) is 3.37. The van der Waals surface area contributed by atoms with Crippen molar-refractivity contribution < 1.29 is 13.5 Å². The van der Waals surface area contributed by atoms with Gasteiger partial charge in [0.2, 0.25) is 0 Å². The molecule has 0 saturated carbocycles. The van der Waals surface area contributed by atoms with Gasteiger partial charge in [-0.1, -0.05) is 38.3 Å². The maximum Gasteiger partial charge on any atom is 0.387 e. The van der Waals surface area contributed by atoms with Crippen LogP contribution >= 0.6 is 0 Å². The van der Waals surface area contributed by atoms with Crippen LogP contribution in [0.5, 0.6) is 5.75 Å². The molecule has 0 spiro atoms. The second-order valence-electron chi connectivity index (χ2n) is 5.10. The topological polar surface area (TPSA) is 35.0 Å². The van der Waals surface area contributed by atoms with Crippen LogP contribution in [-0.2, 0) is 6.42 Å². The smallest absolute Gasteiger partial charge is 0.387 e. The summed E-state index contributed by atoms with van der Waals surface area (Å²) < 4.78 is 29.3. The van der Waals surface area contributed by atoms with Crippen molar-refractivity contribution in [1.29, 1.82) is 0 Å². The number of para-hydroxylation sites is 1. The van der Waals surface area contributed by atoms with Gasteiger partial charge in [-0.15, -0.1) is 0 Å². The van der Waals surface area contributed by atoms with Gasteiger partial charge in [0.1, 0.15) is 5.75 Å². The Balaban J connectivity index is 2.07. The number of hydrogen-bond acceptors (Lipinski definition) is 3. The fourth-order valence-electron chi connectivity index (χ4n) is 2.23. The van der Waals surface area contributed by atoms with Crippen LogP contribution in [0.3, 0.4) is 0 Å². The third-order valence-corrected chi connectivity index (χ3v) is 3.37. The maximum atomic E-state index is 12.4. The zero-order chi connectivity index (χ0) is 15.8. The van der Waals surface area contributed by atoms with E-state index in [9.17, 15) is 8.78 Å². The zero-order valence-electron chi connectivity index (χ0n) is 12.6. The molecular formula is C17H20F2N2O. The van der Waals surface area contributed by atoms with E-state index in [0.29, 0.717) is 11.4 Å². The summed E-state index contributed by atoms with van der Waals surface area (Å²) >= 11 is 0. The number of halogens is 2. The molecule has 0 atom stereocenters. The molecule has 22 heavy (non-hydrogen) atoms. The Labute approximate surface area is 129 Å². The standard InChI is InChI=1S/C17H20F2N2O/c1-2-3-4-5-8-13-11-20-16(21-12-13)14-9-6-7-10-15(14)22-17(18)19/h6-7,9-12,17H,2-5,8H2,1H3. The normalized spacial score (nSPS) is 10.9. The molecule has 0 aliphatic rings. The predicted molar refractivity (Wildman–Crippen MR) is 81.9 cm³/mol. The molecule has 0 fully saturated rings. The fourth-order valence-corrected chi connectivity index (χ4v) is 2.23. The van der Waals surface area contributed by atoms with E-state index in [0.717, 1.165) is 18.4 Å². The summed E-state index contributed by atoms with van der Waals surface area (Å²) in [7, 11) is 0. The number of rotatable bonds is 8. The molecule has 0 unspecified atom stereocenters. The van der Waals surface area contributed by atoms with Crippen LogP contribution in [0.2, 0.25) is 0 Å². The number of hydrogen-bond donors (Lipinski definition) is 0. The second-order valence-corrected chi connectivity index (χ2v) is 5.10. The van der Waals surface area contributed by atoms with E-state index in [1.54, 1.807) is 30.6 Å². The molecule has 0 radical (unpaired) electrons. The van der Waals surface area contributed by atoms with E-state index >= 15 is 0 Å². The molecule has 0 aliphatic heterocycles. The second kappa shape index (κ2) is 8.41. The lowest BCUT2D eigenvalue weighted by atomic mass is 10.1. The molecular weight excluding hydrogens is 286 g/mol. The summed E-state index contributed by atoms with van der Waals surface area (Å²) in [5, 5.41) is 0. The highest BCUT2D eigenvalue weighted by molar-refractivity contribution is 5.63. The Kier molecular flexibility index (Phi) is 6.25. The highest BCUT2D eigenvalue weighted by atomic mass is 19.3. The number of ether oxygens (including phenoxy) is 1. The molecule has 1 aromatic heterocycles. The molecule has 5 heteroatoms. The van der Waals surface area contributed by atoms with Crippen LogP contribution < -0.4 is 4.74 Å². The maximum absolute atomic E-state index is 12.4. The average Bonchev–Trinajstić information content (AvgIpc) is 2.52. The van der Waals surface area contributed by atoms with Crippen LogP contribution in [0.1, 0.15) is 38.2 Å². The Hall–Kier alpha value is -2.04. The third kappa shape index (κ3) is 4.76. The van der Waals surface area contributed by atoms with Crippen LogP contribution in [0, 0.1) is 0 Å². The minimum absolute atomic E-state index is 0.0909. The molecule has 2 rings (SSSR count). The highest BCUT2D eigenvalue weighted by Gasteiger charge is 2.12. The molecule has 3 nitrogen and oxygen atoms in total. The van der Waals surface area contributed by atoms with E-state index in [2.05, 4.69) is 21.6 Å². The van der Waals surface area contributed by atoms with Crippen LogP contribution in [0.15, 0.2) is 36.7 Å². The van der Waals surface area contributed by atoms with Gasteiger partial charge in [0, 0.05) is 12.4 Å². The molecule has 1 heterocycles. The minimum atomic E-state index is -2.86. The van der Waals surface area contributed by atoms with Crippen molar-refractivity contribution in [3.63, 3.8) is 0 Å². The lowest BCUT2D eigenvalue weighted by molar-refractivity contribution is -0.0494. The fraction of sp³-hybridized carbons (Fsp3) is 0.412.